The van der Waals surface area contributed by atoms with Crippen molar-refractivity contribution in [1.82, 2.24) is 20.6 Å². The topological polar surface area (TPSA) is 77.0 Å². The predicted octanol–water partition coefficient (Wildman–Crippen LogP) is 1.29. The van der Waals surface area contributed by atoms with Crippen LogP contribution in [0.3, 0.4) is 0 Å². The van der Waals surface area contributed by atoms with Gasteiger partial charge in [0.2, 0.25) is 5.76 Å². The summed E-state index contributed by atoms with van der Waals surface area (Å²) in [7, 11) is 0. The summed E-state index contributed by atoms with van der Waals surface area (Å²) in [5, 5.41) is 10.9. The minimum absolute atomic E-state index is 0.383. The second-order valence-corrected chi connectivity index (χ2v) is 4.00. The van der Waals surface area contributed by atoms with Crippen LogP contribution in [0, 0.1) is 6.92 Å². The highest BCUT2D eigenvalue weighted by atomic mass is 16.5. The van der Waals surface area contributed by atoms with E-state index in [1.165, 1.54) is 12.8 Å². The molecule has 2 aromatic rings. The molecular formula is C10H12N4O2. The Morgan fingerprint density at radius 3 is 2.94 bits per heavy atom. The summed E-state index contributed by atoms with van der Waals surface area (Å²) in [5.41, 5.74) is 0.797. The number of nitrogens with one attached hydrogen (secondary N) is 1. The smallest absolute Gasteiger partial charge is 0.296 e. The third kappa shape index (κ3) is 1.96. The highest BCUT2D eigenvalue weighted by Crippen LogP contribution is 2.20. The van der Waals surface area contributed by atoms with Gasteiger partial charge in [-0.15, -0.1) is 0 Å². The number of rotatable bonds is 4. The maximum absolute atomic E-state index is 5.08. The monoisotopic (exact) mass is 220 g/mol. The van der Waals surface area contributed by atoms with E-state index in [1.807, 2.05) is 6.92 Å². The molecule has 1 aliphatic carbocycles. The van der Waals surface area contributed by atoms with Gasteiger partial charge >= 0.3 is 0 Å². The first-order chi connectivity index (χ1) is 7.81. The first-order valence-corrected chi connectivity index (χ1v) is 5.31. The van der Waals surface area contributed by atoms with Crippen LogP contribution in [0.4, 0.5) is 0 Å². The van der Waals surface area contributed by atoms with E-state index in [1.54, 1.807) is 6.07 Å². The van der Waals surface area contributed by atoms with Crippen molar-refractivity contribution in [3.63, 3.8) is 0 Å². The molecule has 1 aliphatic rings. The van der Waals surface area contributed by atoms with Crippen LogP contribution in [-0.2, 0) is 6.54 Å². The number of hydrogen-bond donors (Lipinski definition) is 1. The Labute approximate surface area is 92.0 Å². The van der Waals surface area contributed by atoms with Crippen LogP contribution in [0.1, 0.15) is 24.4 Å². The highest BCUT2D eigenvalue weighted by molar-refractivity contribution is 5.43. The van der Waals surface area contributed by atoms with Gasteiger partial charge in [0.1, 0.15) is 0 Å². The molecule has 6 heteroatoms. The standard InChI is InChI=1S/C10H12N4O2/c1-6-4-8(15-13-6)10-12-9(14-16-10)5-11-7-2-3-7/h4,7,11H,2-3,5H2,1H3. The van der Waals surface area contributed by atoms with E-state index < -0.39 is 0 Å². The number of aryl methyl sites for hydroxylation is 1. The molecule has 1 fully saturated rings. The summed E-state index contributed by atoms with van der Waals surface area (Å²) >= 11 is 0. The van der Waals surface area contributed by atoms with Gasteiger partial charge in [-0.1, -0.05) is 10.3 Å². The molecule has 3 rings (SSSR count). The Balaban J connectivity index is 1.71. The largest absolute Gasteiger partial charge is 0.351 e. The van der Waals surface area contributed by atoms with Crippen LogP contribution in [0.15, 0.2) is 15.1 Å². The second kappa shape index (κ2) is 3.71. The lowest BCUT2D eigenvalue weighted by Gasteiger charge is -1.94. The molecule has 0 unspecified atom stereocenters. The van der Waals surface area contributed by atoms with Crippen LogP contribution in [-0.4, -0.2) is 21.3 Å². The summed E-state index contributed by atoms with van der Waals surface area (Å²) in [6, 6.07) is 2.40. The summed E-state index contributed by atoms with van der Waals surface area (Å²) in [5.74, 6) is 1.55. The summed E-state index contributed by atoms with van der Waals surface area (Å²) in [6.07, 6.45) is 2.48. The molecular weight excluding hydrogens is 208 g/mol. The molecule has 0 aromatic carbocycles. The summed E-state index contributed by atoms with van der Waals surface area (Å²) in [6.45, 7) is 2.49. The molecule has 6 nitrogen and oxygen atoms in total. The van der Waals surface area contributed by atoms with E-state index in [4.69, 9.17) is 9.05 Å². The molecule has 0 spiro atoms. The van der Waals surface area contributed by atoms with Gasteiger partial charge in [0, 0.05) is 12.1 Å². The second-order valence-electron chi connectivity index (χ2n) is 4.00. The van der Waals surface area contributed by atoms with Gasteiger partial charge in [0.05, 0.1) is 12.2 Å². The predicted molar refractivity (Wildman–Crippen MR) is 54.4 cm³/mol. The Bertz CT molecular complexity index is 486. The van der Waals surface area contributed by atoms with E-state index in [-0.39, 0.29) is 0 Å². The lowest BCUT2D eigenvalue weighted by molar-refractivity contribution is 0.379. The number of nitrogens with zero attached hydrogens (tertiary/aromatic N) is 3. The van der Waals surface area contributed by atoms with E-state index in [9.17, 15) is 0 Å². The highest BCUT2D eigenvalue weighted by Gasteiger charge is 2.21. The number of aromatic nitrogens is 3. The van der Waals surface area contributed by atoms with Gasteiger partial charge < -0.3 is 14.4 Å². The first-order valence-electron chi connectivity index (χ1n) is 5.31. The number of hydrogen-bond acceptors (Lipinski definition) is 6. The molecule has 16 heavy (non-hydrogen) atoms. The summed E-state index contributed by atoms with van der Waals surface area (Å²) in [4.78, 5) is 4.22. The van der Waals surface area contributed by atoms with Crippen LogP contribution in [0.2, 0.25) is 0 Å². The van der Waals surface area contributed by atoms with Crippen molar-refractivity contribution in [3.8, 4) is 11.7 Å². The quantitative estimate of drug-likeness (QED) is 0.836. The van der Waals surface area contributed by atoms with Crippen molar-refractivity contribution < 1.29 is 9.05 Å². The van der Waals surface area contributed by atoms with Gasteiger partial charge in [0.25, 0.3) is 5.89 Å². The fourth-order valence-electron chi connectivity index (χ4n) is 1.41. The maximum atomic E-state index is 5.08. The van der Waals surface area contributed by atoms with Crippen LogP contribution >= 0.6 is 0 Å². The average Bonchev–Trinajstić information content (AvgIpc) is 2.81. The van der Waals surface area contributed by atoms with Crippen molar-refractivity contribution in [2.45, 2.75) is 32.4 Å². The molecule has 1 saturated carbocycles. The van der Waals surface area contributed by atoms with E-state index in [0.717, 1.165) is 5.69 Å². The zero-order valence-electron chi connectivity index (χ0n) is 8.93. The van der Waals surface area contributed by atoms with E-state index >= 15 is 0 Å². The van der Waals surface area contributed by atoms with Crippen LogP contribution in [0.5, 0.6) is 0 Å². The molecule has 1 N–H and O–H groups in total. The van der Waals surface area contributed by atoms with Gasteiger partial charge in [0.15, 0.2) is 5.82 Å². The van der Waals surface area contributed by atoms with Crippen LogP contribution in [0.25, 0.3) is 11.7 Å². The lowest BCUT2D eigenvalue weighted by Crippen LogP contribution is -2.16. The normalized spacial score (nSPS) is 15.6. The molecule has 0 radical (unpaired) electrons. The van der Waals surface area contributed by atoms with Gasteiger partial charge in [-0.05, 0) is 19.8 Å². The van der Waals surface area contributed by atoms with Gasteiger partial charge in [-0.25, -0.2) is 0 Å². The zero-order valence-corrected chi connectivity index (χ0v) is 8.93. The molecule has 2 heterocycles. The van der Waals surface area contributed by atoms with Gasteiger partial charge in [-0.2, -0.15) is 4.98 Å². The van der Waals surface area contributed by atoms with Crippen molar-refractivity contribution in [2.24, 2.45) is 0 Å². The fourth-order valence-corrected chi connectivity index (χ4v) is 1.41. The van der Waals surface area contributed by atoms with E-state index in [0.29, 0.717) is 30.1 Å². The van der Waals surface area contributed by atoms with Crippen molar-refractivity contribution >= 4 is 0 Å². The molecule has 0 aliphatic heterocycles. The summed E-state index contributed by atoms with van der Waals surface area (Å²) < 4.78 is 10.1. The minimum atomic E-state index is 0.383. The maximum Gasteiger partial charge on any atom is 0.296 e. The zero-order chi connectivity index (χ0) is 11.0. The third-order valence-corrected chi connectivity index (χ3v) is 2.43. The minimum Gasteiger partial charge on any atom is -0.351 e. The van der Waals surface area contributed by atoms with Crippen molar-refractivity contribution in [3.05, 3.63) is 17.6 Å². The Morgan fingerprint density at radius 1 is 1.38 bits per heavy atom. The molecule has 0 bridgehead atoms. The molecule has 84 valence electrons. The Hall–Kier alpha value is -1.69. The first kappa shape index (κ1) is 9.53. The third-order valence-electron chi connectivity index (χ3n) is 2.43. The van der Waals surface area contributed by atoms with Crippen molar-refractivity contribution in [2.75, 3.05) is 0 Å². The van der Waals surface area contributed by atoms with Crippen LogP contribution < -0.4 is 5.32 Å². The molecule has 0 saturated heterocycles. The Kier molecular flexibility index (Phi) is 2.21. The molecule has 2 aromatic heterocycles. The SMILES string of the molecule is Cc1cc(-c2nc(CNC3CC3)no2)on1. The van der Waals surface area contributed by atoms with Crippen molar-refractivity contribution in [1.29, 1.82) is 0 Å². The Morgan fingerprint density at radius 2 is 2.25 bits per heavy atom. The molecule has 0 atom stereocenters. The van der Waals surface area contributed by atoms with E-state index in [2.05, 4.69) is 20.6 Å². The van der Waals surface area contributed by atoms with Gasteiger partial charge in [-0.3, -0.25) is 0 Å². The molecule has 0 amide bonds. The average molecular weight is 220 g/mol. The lowest BCUT2D eigenvalue weighted by atomic mass is 10.4. The fraction of sp³-hybridized carbons (Fsp3) is 0.500.